The van der Waals surface area contributed by atoms with Crippen LogP contribution in [0.1, 0.15) is 18.2 Å². The molecule has 1 aromatic carbocycles. The van der Waals surface area contributed by atoms with Crippen LogP contribution in [0.3, 0.4) is 0 Å². The summed E-state index contributed by atoms with van der Waals surface area (Å²) in [5, 5.41) is 3.33. The Hall–Kier alpha value is -1.42. The molecule has 1 unspecified atom stereocenters. The number of rotatable bonds is 1. The van der Waals surface area contributed by atoms with Gasteiger partial charge in [0.25, 0.3) is 0 Å². The first-order valence-corrected chi connectivity index (χ1v) is 5.58. The van der Waals surface area contributed by atoms with Gasteiger partial charge in [-0.3, -0.25) is 0 Å². The van der Waals surface area contributed by atoms with Crippen molar-refractivity contribution in [3.63, 3.8) is 0 Å². The molecule has 1 saturated heterocycles. The Morgan fingerprint density at radius 1 is 1.50 bits per heavy atom. The summed E-state index contributed by atoms with van der Waals surface area (Å²) in [5.41, 5.74) is 1.76. The molecule has 84 valence electrons. The molecule has 0 amide bonds. The maximum Gasteiger partial charge on any atom is 0.125 e. The maximum absolute atomic E-state index is 13.1. The molecule has 1 N–H and O–H groups in total. The summed E-state index contributed by atoms with van der Waals surface area (Å²) >= 11 is 0. The molecule has 2 aromatic rings. The Morgan fingerprint density at radius 2 is 2.38 bits per heavy atom. The van der Waals surface area contributed by atoms with Gasteiger partial charge < -0.3 is 9.88 Å². The van der Waals surface area contributed by atoms with E-state index in [4.69, 9.17) is 0 Å². The van der Waals surface area contributed by atoms with Crippen molar-refractivity contribution in [2.45, 2.75) is 12.3 Å². The number of benzene rings is 1. The first-order chi connectivity index (χ1) is 7.75. The minimum atomic E-state index is -0.202. The van der Waals surface area contributed by atoms with Crippen molar-refractivity contribution >= 4 is 11.0 Å². The van der Waals surface area contributed by atoms with Gasteiger partial charge in [-0.2, -0.15) is 0 Å². The van der Waals surface area contributed by atoms with Crippen LogP contribution in [0.5, 0.6) is 0 Å². The highest BCUT2D eigenvalue weighted by atomic mass is 19.1. The van der Waals surface area contributed by atoms with E-state index in [-0.39, 0.29) is 5.82 Å². The van der Waals surface area contributed by atoms with Gasteiger partial charge in [-0.15, -0.1) is 0 Å². The van der Waals surface area contributed by atoms with Crippen molar-refractivity contribution in [3.8, 4) is 0 Å². The molecule has 1 fully saturated rings. The molecule has 0 radical (unpaired) electrons. The molecule has 1 aliphatic rings. The van der Waals surface area contributed by atoms with Gasteiger partial charge in [0.2, 0.25) is 0 Å². The molecule has 1 aliphatic heterocycles. The predicted octanol–water partition coefficient (Wildman–Crippen LogP) is 1.79. The van der Waals surface area contributed by atoms with Gasteiger partial charge in [-0.05, 0) is 31.2 Å². The average Bonchev–Trinajstić information content (AvgIpc) is 2.87. The minimum Gasteiger partial charge on any atom is -0.331 e. The Morgan fingerprint density at radius 3 is 3.12 bits per heavy atom. The van der Waals surface area contributed by atoms with Gasteiger partial charge in [0.05, 0.1) is 11.0 Å². The van der Waals surface area contributed by atoms with Crippen LogP contribution in [-0.2, 0) is 7.05 Å². The van der Waals surface area contributed by atoms with Crippen LogP contribution < -0.4 is 5.32 Å². The summed E-state index contributed by atoms with van der Waals surface area (Å²) in [6.45, 7) is 2.02. The Bertz CT molecular complexity index is 526. The number of nitrogens with zero attached hydrogens (tertiary/aromatic N) is 2. The number of hydrogen-bond donors (Lipinski definition) is 1. The van der Waals surface area contributed by atoms with Crippen LogP contribution in [-0.4, -0.2) is 22.6 Å². The maximum atomic E-state index is 13.1. The first kappa shape index (κ1) is 9.78. The third-order valence-corrected chi connectivity index (χ3v) is 3.30. The van der Waals surface area contributed by atoms with E-state index in [9.17, 15) is 4.39 Å². The lowest BCUT2D eigenvalue weighted by Gasteiger charge is -2.07. The van der Waals surface area contributed by atoms with E-state index in [1.807, 2.05) is 11.6 Å². The number of imidazole rings is 1. The SMILES string of the molecule is Cn1c(C2CCNC2)nc2ccc(F)cc21. The lowest BCUT2D eigenvalue weighted by molar-refractivity contribution is 0.628. The zero-order chi connectivity index (χ0) is 11.1. The van der Waals surface area contributed by atoms with Crippen LogP contribution in [0.25, 0.3) is 11.0 Å². The molecule has 0 bridgehead atoms. The van der Waals surface area contributed by atoms with Crippen LogP contribution in [0.4, 0.5) is 4.39 Å². The molecule has 0 aliphatic carbocycles. The summed E-state index contributed by atoms with van der Waals surface area (Å²) in [6.07, 6.45) is 1.11. The van der Waals surface area contributed by atoms with E-state index < -0.39 is 0 Å². The monoisotopic (exact) mass is 219 g/mol. The zero-order valence-electron chi connectivity index (χ0n) is 9.20. The molecule has 2 heterocycles. The fraction of sp³-hybridized carbons (Fsp3) is 0.417. The predicted molar refractivity (Wildman–Crippen MR) is 60.9 cm³/mol. The standard InChI is InChI=1S/C12H14FN3/c1-16-11-6-9(13)2-3-10(11)15-12(16)8-4-5-14-7-8/h2-3,6,8,14H,4-5,7H2,1H3. The van der Waals surface area contributed by atoms with Crippen molar-refractivity contribution in [2.24, 2.45) is 7.05 Å². The van der Waals surface area contributed by atoms with Crippen molar-refractivity contribution < 1.29 is 4.39 Å². The second kappa shape index (κ2) is 3.56. The summed E-state index contributed by atoms with van der Waals surface area (Å²) < 4.78 is 15.2. The number of hydrogen-bond acceptors (Lipinski definition) is 2. The smallest absolute Gasteiger partial charge is 0.125 e. The Labute approximate surface area is 93.3 Å². The van der Waals surface area contributed by atoms with Gasteiger partial charge >= 0.3 is 0 Å². The second-order valence-electron chi connectivity index (χ2n) is 4.35. The summed E-state index contributed by atoms with van der Waals surface area (Å²) in [6, 6.07) is 4.76. The molecule has 4 heteroatoms. The minimum absolute atomic E-state index is 0.202. The van der Waals surface area contributed by atoms with Crippen LogP contribution >= 0.6 is 0 Å². The lowest BCUT2D eigenvalue weighted by Crippen LogP contribution is -2.11. The summed E-state index contributed by atoms with van der Waals surface area (Å²) in [4.78, 5) is 4.59. The molecular weight excluding hydrogens is 205 g/mol. The number of nitrogens with one attached hydrogen (secondary N) is 1. The highest BCUT2D eigenvalue weighted by Gasteiger charge is 2.22. The lowest BCUT2D eigenvalue weighted by atomic mass is 10.1. The van der Waals surface area contributed by atoms with Crippen LogP contribution in [0.2, 0.25) is 0 Å². The molecule has 16 heavy (non-hydrogen) atoms. The van der Waals surface area contributed by atoms with Crippen molar-refractivity contribution in [1.29, 1.82) is 0 Å². The molecule has 0 spiro atoms. The van der Waals surface area contributed by atoms with Gasteiger partial charge in [0.15, 0.2) is 0 Å². The Balaban J connectivity index is 2.15. The number of halogens is 1. The van der Waals surface area contributed by atoms with Crippen molar-refractivity contribution in [3.05, 3.63) is 29.8 Å². The summed E-state index contributed by atoms with van der Waals surface area (Å²) in [7, 11) is 1.96. The van der Waals surface area contributed by atoms with E-state index in [0.29, 0.717) is 5.92 Å². The molecule has 0 saturated carbocycles. The highest BCUT2D eigenvalue weighted by Crippen LogP contribution is 2.25. The Kier molecular flexibility index (Phi) is 2.17. The number of aromatic nitrogens is 2. The van der Waals surface area contributed by atoms with Crippen LogP contribution in [0, 0.1) is 5.82 Å². The fourth-order valence-electron chi connectivity index (χ4n) is 2.42. The zero-order valence-corrected chi connectivity index (χ0v) is 9.20. The average molecular weight is 219 g/mol. The second-order valence-corrected chi connectivity index (χ2v) is 4.35. The van der Waals surface area contributed by atoms with Gasteiger partial charge in [-0.1, -0.05) is 0 Å². The largest absolute Gasteiger partial charge is 0.331 e. The van der Waals surface area contributed by atoms with E-state index in [2.05, 4.69) is 10.3 Å². The third kappa shape index (κ3) is 1.41. The van der Waals surface area contributed by atoms with E-state index in [0.717, 1.165) is 36.4 Å². The molecule has 1 atom stereocenters. The van der Waals surface area contributed by atoms with Gasteiger partial charge in [0, 0.05) is 19.5 Å². The van der Waals surface area contributed by atoms with Crippen molar-refractivity contribution in [2.75, 3.05) is 13.1 Å². The topological polar surface area (TPSA) is 29.9 Å². The van der Waals surface area contributed by atoms with E-state index in [1.165, 1.54) is 6.07 Å². The quantitative estimate of drug-likeness (QED) is 0.792. The molecule has 3 rings (SSSR count). The third-order valence-electron chi connectivity index (χ3n) is 3.30. The fourth-order valence-corrected chi connectivity index (χ4v) is 2.42. The molecule has 3 nitrogen and oxygen atoms in total. The number of fused-ring (bicyclic) bond motifs is 1. The molecule has 1 aromatic heterocycles. The molecular formula is C12H14FN3. The number of aryl methyl sites for hydroxylation is 1. The van der Waals surface area contributed by atoms with Gasteiger partial charge in [0.1, 0.15) is 11.6 Å². The van der Waals surface area contributed by atoms with Crippen LogP contribution in [0.15, 0.2) is 18.2 Å². The van der Waals surface area contributed by atoms with Gasteiger partial charge in [-0.25, -0.2) is 9.37 Å². The summed E-state index contributed by atoms with van der Waals surface area (Å²) in [5.74, 6) is 1.32. The normalized spacial score (nSPS) is 20.8. The van der Waals surface area contributed by atoms with Crippen molar-refractivity contribution in [1.82, 2.24) is 14.9 Å². The first-order valence-electron chi connectivity index (χ1n) is 5.58. The highest BCUT2D eigenvalue weighted by molar-refractivity contribution is 5.76. The van der Waals surface area contributed by atoms with E-state index in [1.54, 1.807) is 12.1 Å². The van der Waals surface area contributed by atoms with E-state index >= 15 is 0 Å².